The van der Waals surface area contributed by atoms with Crippen LogP contribution < -0.4 is 5.32 Å². The molecule has 0 fully saturated rings. The lowest BCUT2D eigenvalue weighted by Crippen LogP contribution is -2.21. The molecule has 1 heterocycles. The van der Waals surface area contributed by atoms with E-state index in [1.165, 1.54) is 0 Å². The zero-order valence-electron chi connectivity index (χ0n) is 9.92. The van der Waals surface area contributed by atoms with Crippen molar-refractivity contribution in [1.29, 1.82) is 0 Å². The van der Waals surface area contributed by atoms with E-state index in [0.29, 0.717) is 10.0 Å². The molecule has 0 radical (unpaired) electrons. The van der Waals surface area contributed by atoms with E-state index < -0.39 is 0 Å². The van der Waals surface area contributed by atoms with Gasteiger partial charge in [0, 0.05) is 11.5 Å². The molecule has 96 valence electrons. The highest BCUT2D eigenvalue weighted by atomic mass is 79.9. The highest BCUT2D eigenvalue weighted by Gasteiger charge is 2.20. The van der Waals surface area contributed by atoms with E-state index in [-0.39, 0.29) is 6.04 Å². The van der Waals surface area contributed by atoms with Gasteiger partial charge in [-0.1, -0.05) is 29.3 Å². The number of nitrogens with zero attached hydrogens (tertiary/aromatic N) is 2. The maximum absolute atomic E-state index is 6.17. The first-order valence-electron chi connectivity index (χ1n) is 5.34. The number of nitrogens with one attached hydrogen (secondary N) is 1. The SMILES string of the molecule is CNC(c1ccc(Br)c(Cl)c1)c1c(Cl)cnn1C. The van der Waals surface area contributed by atoms with E-state index in [1.54, 1.807) is 10.9 Å². The third-order valence-corrected chi connectivity index (χ3v) is 4.30. The molecular formula is C12H12BrCl2N3. The number of rotatable bonds is 3. The largest absolute Gasteiger partial charge is 0.308 e. The fourth-order valence-corrected chi connectivity index (χ4v) is 2.61. The summed E-state index contributed by atoms with van der Waals surface area (Å²) in [5.41, 5.74) is 1.95. The Kier molecular flexibility index (Phi) is 4.33. The van der Waals surface area contributed by atoms with E-state index in [1.807, 2.05) is 32.3 Å². The summed E-state index contributed by atoms with van der Waals surface area (Å²) in [7, 11) is 3.75. The Morgan fingerprint density at radius 3 is 2.56 bits per heavy atom. The highest BCUT2D eigenvalue weighted by Crippen LogP contribution is 2.31. The van der Waals surface area contributed by atoms with Crippen LogP contribution in [0.3, 0.4) is 0 Å². The predicted octanol–water partition coefficient (Wildman–Crippen LogP) is 3.80. The molecule has 1 atom stereocenters. The molecule has 0 bridgehead atoms. The summed E-state index contributed by atoms with van der Waals surface area (Å²) in [6, 6.07) is 5.79. The van der Waals surface area contributed by atoms with E-state index in [4.69, 9.17) is 23.2 Å². The van der Waals surface area contributed by atoms with Crippen molar-refractivity contribution in [2.75, 3.05) is 7.05 Å². The summed E-state index contributed by atoms with van der Waals surface area (Å²) in [5, 5.41) is 8.69. The molecule has 1 unspecified atom stereocenters. The Bertz CT molecular complexity index is 549. The quantitative estimate of drug-likeness (QED) is 0.914. The van der Waals surface area contributed by atoms with E-state index in [2.05, 4.69) is 26.3 Å². The van der Waals surface area contributed by atoms with Crippen LogP contribution in [0.1, 0.15) is 17.3 Å². The van der Waals surface area contributed by atoms with Crippen molar-refractivity contribution in [3.8, 4) is 0 Å². The standard InChI is InChI=1S/C12H12BrCl2N3/c1-16-11(12-10(15)6-17-18(12)2)7-3-4-8(13)9(14)5-7/h3-6,11,16H,1-2H3. The second-order valence-electron chi connectivity index (χ2n) is 3.90. The van der Waals surface area contributed by atoms with Gasteiger partial charge in [-0.2, -0.15) is 5.10 Å². The average molecular weight is 349 g/mol. The first kappa shape index (κ1) is 13.9. The maximum atomic E-state index is 6.17. The lowest BCUT2D eigenvalue weighted by atomic mass is 10.0. The minimum absolute atomic E-state index is 0.0457. The van der Waals surface area contributed by atoms with E-state index in [9.17, 15) is 0 Å². The third kappa shape index (κ3) is 2.57. The Morgan fingerprint density at radius 2 is 2.06 bits per heavy atom. The second-order valence-corrected chi connectivity index (χ2v) is 5.57. The van der Waals surface area contributed by atoms with Crippen molar-refractivity contribution in [3.63, 3.8) is 0 Å². The molecule has 0 spiro atoms. The molecule has 1 aromatic carbocycles. The van der Waals surface area contributed by atoms with Crippen LogP contribution in [0.25, 0.3) is 0 Å². The van der Waals surface area contributed by atoms with Gasteiger partial charge in [-0.25, -0.2) is 0 Å². The molecule has 0 saturated carbocycles. The van der Waals surface area contributed by atoms with Crippen molar-refractivity contribution in [2.45, 2.75) is 6.04 Å². The fourth-order valence-electron chi connectivity index (χ4n) is 1.90. The number of aromatic nitrogens is 2. The Morgan fingerprint density at radius 1 is 1.33 bits per heavy atom. The predicted molar refractivity (Wildman–Crippen MR) is 78.3 cm³/mol. The average Bonchev–Trinajstić information content (AvgIpc) is 2.66. The van der Waals surface area contributed by atoms with Crippen LogP contribution in [0.5, 0.6) is 0 Å². The van der Waals surface area contributed by atoms with Gasteiger partial charge in [0.05, 0.1) is 28.0 Å². The Labute approximate surface area is 124 Å². The molecule has 1 N–H and O–H groups in total. The number of hydrogen-bond acceptors (Lipinski definition) is 2. The summed E-state index contributed by atoms with van der Waals surface area (Å²) in [4.78, 5) is 0. The first-order chi connectivity index (χ1) is 8.54. The van der Waals surface area contributed by atoms with Gasteiger partial charge < -0.3 is 5.32 Å². The molecule has 0 aliphatic carbocycles. The van der Waals surface area contributed by atoms with Crippen LogP contribution in [0.15, 0.2) is 28.9 Å². The molecule has 3 nitrogen and oxygen atoms in total. The van der Waals surface area contributed by atoms with Gasteiger partial charge in [0.1, 0.15) is 0 Å². The monoisotopic (exact) mass is 347 g/mol. The van der Waals surface area contributed by atoms with Gasteiger partial charge in [-0.3, -0.25) is 4.68 Å². The smallest absolute Gasteiger partial charge is 0.0837 e. The van der Waals surface area contributed by atoms with Gasteiger partial charge in [0.15, 0.2) is 0 Å². The van der Waals surface area contributed by atoms with Gasteiger partial charge in [0.25, 0.3) is 0 Å². The van der Waals surface area contributed by atoms with Gasteiger partial charge in [-0.05, 0) is 40.7 Å². The fraction of sp³-hybridized carbons (Fsp3) is 0.250. The van der Waals surface area contributed by atoms with Gasteiger partial charge in [-0.15, -0.1) is 0 Å². The Hall–Kier alpha value is -0.550. The summed E-state index contributed by atoms with van der Waals surface area (Å²) in [5.74, 6) is 0. The van der Waals surface area contributed by atoms with Crippen LogP contribution in [-0.2, 0) is 7.05 Å². The van der Waals surface area contributed by atoms with E-state index >= 15 is 0 Å². The molecule has 6 heteroatoms. The number of benzene rings is 1. The topological polar surface area (TPSA) is 29.9 Å². The minimum Gasteiger partial charge on any atom is -0.308 e. The summed E-state index contributed by atoms with van der Waals surface area (Å²) >= 11 is 15.7. The maximum Gasteiger partial charge on any atom is 0.0837 e. The highest BCUT2D eigenvalue weighted by molar-refractivity contribution is 9.10. The van der Waals surface area contributed by atoms with Crippen LogP contribution in [0, 0.1) is 0 Å². The zero-order chi connectivity index (χ0) is 13.3. The van der Waals surface area contributed by atoms with Crippen molar-refractivity contribution in [3.05, 3.63) is 50.2 Å². The number of aryl methyl sites for hydroxylation is 1. The molecule has 0 amide bonds. The summed E-state index contributed by atoms with van der Waals surface area (Å²) < 4.78 is 2.64. The summed E-state index contributed by atoms with van der Waals surface area (Å²) in [6.07, 6.45) is 1.64. The molecule has 0 aliphatic rings. The number of halogens is 3. The lowest BCUT2D eigenvalue weighted by molar-refractivity contribution is 0.606. The third-order valence-electron chi connectivity index (χ3n) is 2.78. The van der Waals surface area contributed by atoms with Crippen molar-refractivity contribution < 1.29 is 0 Å². The van der Waals surface area contributed by atoms with Crippen LogP contribution in [-0.4, -0.2) is 16.8 Å². The first-order valence-corrected chi connectivity index (χ1v) is 6.89. The molecule has 18 heavy (non-hydrogen) atoms. The van der Waals surface area contributed by atoms with Crippen LogP contribution >= 0.6 is 39.1 Å². The molecular weight excluding hydrogens is 337 g/mol. The van der Waals surface area contributed by atoms with E-state index in [0.717, 1.165) is 15.7 Å². The molecule has 0 saturated heterocycles. The van der Waals surface area contributed by atoms with Crippen LogP contribution in [0.2, 0.25) is 10.0 Å². The van der Waals surface area contributed by atoms with Crippen molar-refractivity contribution >= 4 is 39.1 Å². The lowest BCUT2D eigenvalue weighted by Gasteiger charge is -2.18. The van der Waals surface area contributed by atoms with Crippen molar-refractivity contribution in [2.24, 2.45) is 7.05 Å². The second kappa shape index (κ2) is 5.61. The normalized spacial score (nSPS) is 12.7. The van der Waals surface area contributed by atoms with Crippen molar-refractivity contribution in [1.82, 2.24) is 15.1 Å². The minimum atomic E-state index is -0.0457. The van der Waals surface area contributed by atoms with Crippen LogP contribution in [0.4, 0.5) is 0 Å². The molecule has 0 aliphatic heterocycles. The zero-order valence-corrected chi connectivity index (χ0v) is 13.0. The molecule has 2 rings (SSSR count). The van der Waals surface area contributed by atoms with Gasteiger partial charge in [0.2, 0.25) is 0 Å². The number of hydrogen-bond donors (Lipinski definition) is 1. The van der Waals surface area contributed by atoms with Gasteiger partial charge >= 0.3 is 0 Å². The molecule has 2 aromatic rings. The summed E-state index contributed by atoms with van der Waals surface area (Å²) in [6.45, 7) is 0. The Balaban J connectivity index is 2.48. The molecule has 1 aromatic heterocycles.